The van der Waals surface area contributed by atoms with Crippen molar-refractivity contribution in [2.75, 3.05) is 6.54 Å². The molecular formula is C11H11F2NO2S. The number of hydrogen-bond acceptors (Lipinski definition) is 2. The fraction of sp³-hybridized carbons (Fsp3) is 0.273. The topological polar surface area (TPSA) is 46.2 Å². The molecule has 17 heavy (non-hydrogen) atoms. The molecule has 0 atom stereocenters. The highest BCUT2D eigenvalue weighted by Crippen LogP contribution is 2.13. The second-order valence-corrected chi connectivity index (χ2v) is 4.92. The van der Waals surface area contributed by atoms with Crippen LogP contribution >= 0.6 is 0 Å². The fourth-order valence-corrected chi connectivity index (χ4v) is 2.14. The van der Waals surface area contributed by atoms with Crippen LogP contribution in [0.25, 0.3) is 0 Å². The zero-order valence-corrected chi connectivity index (χ0v) is 9.94. The Morgan fingerprint density at radius 2 is 2.00 bits per heavy atom. The van der Waals surface area contributed by atoms with E-state index in [9.17, 15) is 17.2 Å². The second kappa shape index (κ2) is 5.75. The van der Waals surface area contributed by atoms with Gasteiger partial charge in [0.05, 0.1) is 4.90 Å². The standard InChI is InChI=1S/C11H11F2NO2S/c1-2-3-4-7-14-17(15,16)9-5-6-10(12)11(13)8-9/h5-6,8,14H,4,7H2,1H3. The van der Waals surface area contributed by atoms with Gasteiger partial charge >= 0.3 is 0 Å². The third-order valence-corrected chi connectivity index (χ3v) is 3.38. The molecule has 0 aliphatic carbocycles. The zero-order valence-electron chi connectivity index (χ0n) is 9.13. The lowest BCUT2D eigenvalue weighted by molar-refractivity contribution is 0.504. The van der Waals surface area contributed by atoms with Gasteiger partial charge in [-0.3, -0.25) is 0 Å². The summed E-state index contributed by atoms with van der Waals surface area (Å²) < 4.78 is 51.0. The Bertz CT molecular complexity index is 559. The first-order valence-electron chi connectivity index (χ1n) is 4.81. The van der Waals surface area contributed by atoms with E-state index in [1.807, 2.05) is 0 Å². The molecular weight excluding hydrogens is 248 g/mol. The maximum atomic E-state index is 12.9. The summed E-state index contributed by atoms with van der Waals surface area (Å²) in [4.78, 5) is -0.305. The average Bonchev–Trinajstić information content (AvgIpc) is 2.28. The van der Waals surface area contributed by atoms with Gasteiger partial charge in [0.25, 0.3) is 0 Å². The minimum Gasteiger partial charge on any atom is -0.210 e. The molecule has 0 amide bonds. The molecule has 0 aromatic heterocycles. The first-order valence-corrected chi connectivity index (χ1v) is 6.30. The number of hydrogen-bond donors (Lipinski definition) is 1. The lowest BCUT2D eigenvalue weighted by Crippen LogP contribution is -2.24. The van der Waals surface area contributed by atoms with Gasteiger partial charge in [-0.1, -0.05) is 0 Å². The highest BCUT2D eigenvalue weighted by atomic mass is 32.2. The number of sulfonamides is 1. The lowest BCUT2D eigenvalue weighted by atomic mass is 10.3. The fourth-order valence-electron chi connectivity index (χ4n) is 1.10. The predicted octanol–water partition coefficient (Wildman–Crippen LogP) is 1.66. The van der Waals surface area contributed by atoms with Crippen LogP contribution in [0.5, 0.6) is 0 Å². The van der Waals surface area contributed by atoms with Crippen LogP contribution in [0.2, 0.25) is 0 Å². The summed E-state index contributed by atoms with van der Waals surface area (Å²) in [6, 6.07) is 2.42. The van der Waals surface area contributed by atoms with Crippen LogP contribution in [-0.2, 0) is 10.0 Å². The summed E-state index contributed by atoms with van der Waals surface area (Å²) in [5.74, 6) is 3.02. The SMILES string of the molecule is CC#CCCNS(=O)(=O)c1ccc(F)c(F)c1. The van der Waals surface area contributed by atoms with Crippen molar-refractivity contribution >= 4 is 10.0 Å². The molecule has 1 N–H and O–H groups in total. The van der Waals surface area contributed by atoms with E-state index < -0.39 is 21.7 Å². The third kappa shape index (κ3) is 3.80. The van der Waals surface area contributed by atoms with Crippen LogP contribution in [0.15, 0.2) is 23.1 Å². The number of rotatable bonds is 4. The van der Waals surface area contributed by atoms with Gasteiger partial charge < -0.3 is 0 Å². The predicted molar refractivity (Wildman–Crippen MR) is 59.6 cm³/mol. The van der Waals surface area contributed by atoms with Gasteiger partial charge in [-0.25, -0.2) is 21.9 Å². The normalized spacial score (nSPS) is 10.8. The van der Waals surface area contributed by atoms with Gasteiger partial charge in [-0.15, -0.1) is 11.8 Å². The highest BCUT2D eigenvalue weighted by molar-refractivity contribution is 7.89. The molecule has 0 aliphatic rings. The van der Waals surface area contributed by atoms with Gasteiger partial charge in [-0.05, 0) is 25.1 Å². The van der Waals surface area contributed by atoms with E-state index in [2.05, 4.69) is 16.6 Å². The molecule has 0 aliphatic heterocycles. The monoisotopic (exact) mass is 259 g/mol. The van der Waals surface area contributed by atoms with Crippen molar-refractivity contribution < 1.29 is 17.2 Å². The van der Waals surface area contributed by atoms with E-state index in [0.717, 1.165) is 12.1 Å². The van der Waals surface area contributed by atoms with E-state index in [0.29, 0.717) is 12.5 Å². The van der Waals surface area contributed by atoms with Crippen molar-refractivity contribution in [3.63, 3.8) is 0 Å². The Morgan fingerprint density at radius 3 is 2.59 bits per heavy atom. The molecule has 0 saturated heterocycles. The summed E-state index contributed by atoms with van der Waals surface area (Å²) in [6.07, 6.45) is 0.361. The summed E-state index contributed by atoms with van der Waals surface area (Å²) >= 11 is 0. The van der Waals surface area contributed by atoms with Crippen molar-refractivity contribution in [1.82, 2.24) is 4.72 Å². The highest BCUT2D eigenvalue weighted by Gasteiger charge is 2.15. The van der Waals surface area contributed by atoms with E-state index >= 15 is 0 Å². The van der Waals surface area contributed by atoms with Crippen molar-refractivity contribution in [1.29, 1.82) is 0 Å². The van der Waals surface area contributed by atoms with E-state index in [1.165, 1.54) is 0 Å². The Hall–Kier alpha value is -1.45. The summed E-state index contributed by atoms with van der Waals surface area (Å²) in [6.45, 7) is 1.77. The van der Waals surface area contributed by atoms with Gasteiger partial charge in [0, 0.05) is 13.0 Å². The molecule has 0 saturated carbocycles. The van der Waals surface area contributed by atoms with Crippen LogP contribution in [0.1, 0.15) is 13.3 Å². The minimum atomic E-state index is -3.80. The van der Waals surface area contributed by atoms with Crippen LogP contribution in [0.4, 0.5) is 8.78 Å². The van der Waals surface area contributed by atoms with Gasteiger partial charge in [0.15, 0.2) is 11.6 Å². The summed E-state index contributed by atoms with van der Waals surface area (Å²) in [5, 5.41) is 0. The maximum Gasteiger partial charge on any atom is 0.240 e. The second-order valence-electron chi connectivity index (χ2n) is 3.15. The molecule has 0 radical (unpaired) electrons. The molecule has 0 unspecified atom stereocenters. The Kier molecular flexibility index (Phi) is 4.61. The molecule has 1 aromatic rings. The van der Waals surface area contributed by atoms with Crippen LogP contribution < -0.4 is 4.72 Å². The van der Waals surface area contributed by atoms with Gasteiger partial charge in [0.2, 0.25) is 10.0 Å². The minimum absolute atomic E-state index is 0.127. The molecule has 3 nitrogen and oxygen atoms in total. The Morgan fingerprint density at radius 1 is 1.29 bits per heavy atom. The van der Waals surface area contributed by atoms with Crippen molar-refractivity contribution in [3.05, 3.63) is 29.8 Å². The van der Waals surface area contributed by atoms with E-state index in [1.54, 1.807) is 6.92 Å². The number of halogens is 2. The summed E-state index contributed by atoms with van der Waals surface area (Å²) in [7, 11) is -3.80. The number of benzene rings is 1. The van der Waals surface area contributed by atoms with Crippen LogP contribution in [-0.4, -0.2) is 15.0 Å². The molecule has 1 aromatic carbocycles. The zero-order chi connectivity index (χ0) is 12.9. The molecule has 92 valence electrons. The van der Waals surface area contributed by atoms with Crippen LogP contribution in [0, 0.1) is 23.5 Å². The third-order valence-electron chi connectivity index (χ3n) is 1.92. The van der Waals surface area contributed by atoms with Crippen molar-refractivity contribution in [3.8, 4) is 11.8 Å². The number of nitrogens with one attached hydrogen (secondary N) is 1. The van der Waals surface area contributed by atoms with Gasteiger partial charge in [-0.2, -0.15) is 0 Å². The van der Waals surface area contributed by atoms with Crippen LogP contribution in [0.3, 0.4) is 0 Å². The van der Waals surface area contributed by atoms with E-state index in [-0.39, 0.29) is 11.4 Å². The quantitative estimate of drug-likeness (QED) is 0.660. The summed E-state index contributed by atoms with van der Waals surface area (Å²) in [5.41, 5.74) is 0. The molecule has 0 heterocycles. The van der Waals surface area contributed by atoms with E-state index in [4.69, 9.17) is 0 Å². The lowest BCUT2D eigenvalue weighted by Gasteiger charge is -2.05. The average molecular weight is 259 g/mol. The Labute approximate surface area is 98.9 Å². The first kappa shape index (κ1) is 13.6. The van der Waals surface area contributed by atoms with Gasteiger partial charge in [0.1, 0.15) is 0 Å². The first-order chi connectivity index (χ1) is 7.97. The molecule has 0 spiro atoms. The van der Waals surface area contributed by atoms with Crippen molar-refractivity contribution in [2.45, 2.75) is 18.2 Å². The molecule has 0 fully saturated rings. The molecule has 0 bridgehead atoms. The van der Waals surface area contributed by atoms with Crippen molar-refractivity contribution in [2.24, 2.45) is 0 Å². The molecule has 6 heteroatoms. The smallest absolute Gasteiger partial charge is 0.210 e. The maximum absolute atomic E-state index is 12.9. The largest absolute Gasteiger partial charge is 0.240 e. The molecule has 1 rings (SSSR count). The Balaban J connectivity index is 2.81.